The highest BCUT2D eigenvalue weighted by Gasteiger charge is 2.19. The fraction of sp³-hybridized carbons (Fsp3) is 0.192. The molecule has 0 aliphatic rings. The smallest absolute Gasteiger partial charge is 0.219 e. The first kappa shape index (κ1) is 21.8. The van der Waals surface area contributed by atoms with Gasteiger partial charge in [0.1, 0.15) is 11.6 Å². The van der Waals surface area contributed by atoms with Gasteiger partial charge in [-0.15, -0.1) is 0 Å². The molecular weight excluding hydrogens is 426 g/mol. The minimum absolute atomic E-state index is 0.0842. The predicted octanol–water partition coefficient (Wildman–Crippen LogP) is 4.38. The molecule has 5 rings (SSSR count). The molecule has 0 aliphatic heterocycles. The van der Waals surface area contributed by atoms with Crippen LogP contribution in [-0.4, -0.2) is 57.2 Å². The molecule has 0 bridgehead atoms. The monoisotopic (exact) mass is 453 g/mol. The summed E-state index contributed by atoms with van der Waals surface area (Å²) in [5, 5.41) is 11.2. The molecule has 2 aromatic carbocycles. The van der Waals surface area contributed by atoms with Gasteiger partial charge in [-0.3, -0.25) is 5.10 Å². The van der Waals surface area contributed by atoms with Crippen LogP contribution in [0.15, 0.2) is 79.0 Å². The van der Waals surface area contributed by atoms with Crippen molar-refractivity contribution in [2.75, 3.05) is 27.2 Å². The van der Waals surface area contributed by atoms with Crippen LogP contribution in [0.3, 0.4) is 0 Å². The quantitative estimate of drug-likeness (QED) is 0.307. The summed E-state index contributed by atoms with van der Waals surface area (Å²) in [6.45, 7) is 1.75. The Morgan fingerprint density at radius 3 is 2.71 bits per heavy atom. The standard InChI is InChI=1S/C26H27N7O/c1-33(2)16-15-28-24(18-7-4-3-5-8-18)26-30-25(31-32-26)19-9-6-10-20(17-19)34-23-12-11-21-22(29-23)13-14-27-21/h3-14,17,24,27-28H,15-16H2,1-2H3,(H,30,31,32). The molecule has 3 N–H and O–H groups in total. The lowest BCUT2D eigenvalue weighted by Gasteiger charge is -2.18. The first-order chi connectivity index (χ1) is 16.7. The molecule has 1 atom stereocenters. The molecule has 0 radical (unpaired) electrons. The van der Waals surface area contributed by atoms with Gasteiger partial charge in [-0.05, 0) is 43.9 Å². The van der Waals surface area contributed by atoms with Gasteiger partial charge in [0, 0.05) is 30.9 Å². The Hall–Kier alpha value is -4.01. The largest absolute Gasteiger partial charge is 0.439 e. The van der Waals surface area contributed by atoms with Crippen LogP contribution in [-0.2, 0) is 0 Å². The summed E-state index contributed by atoms with van der Waals surface area (Å²) in [4.78, 5) is 14.6. The summed E-state index contributed by atoms with van der Waals surface area (Å²) in [7, 11) is 4.12. The Balaban J connectivity index is 1.37. The van der Waals surface area contributed by atoms with Crippen molar-refractivity contribution in [3.8, 4) is 23.0 Å². The van der Waals surface area contributed by atoms with Crippen molar-refractivity contribution in [1.29, 1.82) is 0 Å². The van der Waals surface area contributed by atoms with Crippen LogP contribution in [0, 0.1) is 0 Å². The number of likely N-dealkylation sites (N-methyl/N-ethyl adjacent to an activating group) is 1. The molecule has 0 amide bonds. The van der Waals surface area contributed by atoms with Crippen LogP contribution in [0.4, 0.5) is 0 Å². The Labute approximate surface area is 198 Å². The first-order valence-corrected chi connectivity index (χ1v) is 11.2. The molecule has 172 valence electrons. The van der Waals surface area contributed by atoms with Gasteiger partial charge in [-0.1, -0.05) is 42.5 Å². The molecule has 8 nitrogen and oxygen atoms in total. The summed E-state index contributed by atoms with van der Waals surface area (Å²) in [6, 6.07) is 23.6. The zero-order valence-electron chi connectivity index (χ0n) is 19.2. The second-order valence-electron chi connectivity index (χ2n) is 8.34. The van der Waals surface area contributed by atoms with Crippen LogP contribution < -0.4 is 10.1 Å². The minimum atomic E-state index is -0.0842. The lowest BCUT2D eigenvalue weighted by Crippen LogP contribution is -2.31. The number of nitrogens with zero attached hydrogens (tertiary/aromatic N) is 4. The van der Waals surface area contributed by atoms with E-state index in [1.807, 2.05) is 66.9 Å². The normalized spacial score (nSPS) is 12.3. The van der Waals surface area contributed by atoms with E-state index in [0.717, 1.165) is 41.1 Å². The average molecular weight is 454 g/mol. The number of aromatic nitrogens is 5. The highest BCUT2D eigenvalue weighted by molar-refractivity contribution is 5.75. The van der Waals surface area contributed by atoms with Crippen LogP contribution in [0.5, 0.6) is 11.6 Å². The molecule has 3 heterocycles. The molecule has 0 saturated heterocycles. The SMILES string of the molecule is CN(C)CCNC(c1ccccc1)c1nc(-c2cccc(Oc3ccc4[nH]ccc4n3)c2)n[nH]1. The van der Waals surface area contributed by atoms with Crippen molar-refractivity contribution in [1.82, 2.24) is 35.4 Å². The Kier molecular flexibility index (Phi) is 6.33. The highest BCUT2D eigenvalue weighted by atomic mass is 16.5. The van der Waals surface area contributed by atoms with Gasteiger partial charge in [0.2, 0.25) is 5.88 Å². The van der Waals surface area contributed by atoms with Crippen LogP contribution >= 0.6 is 0 Å². The topological polar surface area (TPSA) is 94.8 Å². The number of H-pyrrole nitrogens is 2. The maximum Gasteiger partial charge on any atom is 0.219 e. The number of aromatic amines is 2. The number of ether oxygens (including phenoxy) is 1. The number of pyridine rings is 1. The van der Waals surface area contributed by atoms with E-state index >= 15 is 0 Å². The third-order valence-corrected chi connectivity index (χ3v) is 5.51. The van der Waals surface area contributed by atoms with E-state index in [9.17, 15) is 0 Å². The predicted molar refractivity (Wildman–Crippen MR) is 133 cm³/mol. The second kappa shape index (κ2) is 9.86. The number of benzene rings is 2. The molecule has 3 aromatic heterocycles. The van der Waals surface area contributed by atoms with Gasteiger partial charge in [-0.25, -0.2) is 9.97 Å². The van der Waals surface area contributed by atoms with Gasteiger partial charge in [0.15, 0.2) is 5.82 Å². The average Bonchev–Trinajstić information content (AvgIpc) is 3.52. The molecule has 0 saturated carbocycles. The molecule has 0 aliphatic carbocycles. The number of hydrogen-bond donors (Lipinski definition) is 3. The molecule has 5 aromatic rings. The maximum absolute atomic E-state index is 6.01. The number of fused-ring (bicyclic) bond motifs is 1. The van der Waals surface area contributed by atoms with Crippen molar-refractivity contribution < 1.29 is 4.74 Å². The third-order valence-electron chi connectivity index (χ3n) is 5.51. The van der Waals surface area contributed by atoms with Crippen LogP contribution in [0.25, 0.3) is 22.4 Å². The van der Waals surface area contributed by atoms with Crippen molar-refractivity contribution in [2.24, 2.45) is 0 Å². The fourth-order valence-electron chi connectivity index (χ4n) is 3.77. The van der Waals surface area contributed by atoms with Gasteiger partial charge in [0.05, 0.1) is 17.1 Å². The van der Waals surface area contributed by atoms with Gasteiger partial charge in [0.25, 0.3) is 0 Å². The van der Waals surface area contributed by atoms with E-state index in [1.165, 1.54) is 0 Å². The van der Waals surface area contributed by atoms with E-state index in [4.69, 9.17) is 9.72 Å². The summed E-state index contributed by atoms with van der Waals surface area (Å²) in [6.07, 6.45) is 1.86. The van der Waals surface area contributed by atoms with E-state index in [0.29, 0.717) is 17.5 Å². The fourth-order valence-corrected chi connectivity index (χ4v) is 3.77. The summed E-state index contributed by atoms with van der Waals surface area (Å²) >= 11 is 0. The van der Waals surface area contributed by atoms with Crippen molar-refractivity contribution in [3.63, 3.8) is 0 Å². The lowest BCUT2D eigenvalue weighted by atomic mass is 10.1. The summed E-state index contributed by atoms with van der Waals surface area (Å²) < 4.78 is 6.01. The van der Waals surface area contributed by atoms with Crippen molar-refractivity contribution in [3.05, 3.63) is 90.4 Å². The Morgan fingerprint density at radius 1 is 0.971 bits per heavy atom. The first-order valence-electron chi connectivity index (χ1n) is 11.2. The Morgan fingerprint density at radius 2 is 1.85 bits per heavy atom. The lowest BCUT2D eigenvalue weighted by molar-refractivity contribution is 0.390. The summed E-state index contributed by atoms with van der Waals surface area (Å²) in [5.74, 6) is 2.60. The second-order valence-corrected chi connectivity index (χ2v) is 8.34. The number of hydrogen-bond acceptors (Lipinski definition) is 6. The zero-order chi connectivity index (χ0) is 23.3. The highest BCUT2D eigenvalue weighted by Crippen LogP contribution is 2.27. The summed E-state index contributed by atoms with van der Waals surface area (Å²) in [5.41, 5.74) is 3.83. The van der Waals surface area contributed by atoms with Crippen molar-refractivity contribution >= 4 is 11.0 Å². The van der Waals surface area contributed by atoms with Gasteiger partial charge < -0.3 is 19.9 Å². The van der Waals surface area contributed by atoms with Gasteiger partial charge in [-0.2, -0.15) is 5.10 Å². The maximum atomic E-state index is 6.01. The third kappa shape index (κ3) is 4.98. The molecule has 0 spiro atoms. The zero-order valence-corrected chi connectivity index (χ0v) is 19.2. The molecule has 1 unspecified atom stereocenters. The number of nitrogens with one attached hydrogen (secondary N) is 3. The van der Waals surface area contributed by atoms with Crippen LogP contribution in [0.1, 0.15) is 17.4 Å². The van der Waals surface area contributed by atoms with E-state index in [1.54, 1.807) is 0 Å². The van der Waals surface area contributed by atoms with Crippen molar-refractivity contribution in [2.45, 2.75) is 6.04 Å². The minimum Gasteiger partial charge on any atom is -0.439 e. The molecule has 0 fully saturated rings. The molecular formula is C26H27N7O. The van der Waals surface area contributed by atoms with Crippen LogP contribution in [0.2, 0.25) is 0 Å². The Bertz CT molecular complexity index is 1360. The van der Waals surface area contributed by atoms with E-state index in [2.05, 4.69) is 56.6 Å². The molecule has 8 heteroatoms. The van der Waals surface area contributed by atoms with E-state index < -0.39 is 0 Å². The molecule has 34 heavy (non-hydrogen) atoms. The van der Waals surface area contributed by atoms with Gasteiger partial charge >= 0.3 is 0 Å². The van der Waals surface area contributed by atoms with E-state index in [-0.39, 0.29) is 6.04 Å². The number of rotatable bonds is 9.